The Morgan fingerprint density at radius 2 is 2.10 bits per heavy atom. The Hall–Kier alpha value is -3.32. The summed E-state index contributed by atoms with van der Waals surface area (Å²) in [6.45, 7) is 2.78. The van der Waals surface area contributed by atoms with Gasteiger partial charge in [0.1, 0.15) is 0 Å². The van der Waals surface area contributed by atoms with E-state index in [1.165, 1.54) is 5.56 Å². The summed E-state index contributed by atoms with van der Waals surface area (Å²) in [4.78, 5) is 27.0. The lowest BCUT2D eigenvalue weighted by molar-refractivity contribution is 0.100. The van der Waals surface area contributed by atoms with Crippen LogP contribution in [0.15, 0.2) is 55.0 Å². The van der Waals surface area contributed by atoms with Crippen molar-refractivity contribution in [2.75, 3.05) is 18.8 Å². The summed E-state index contributed by atoms with van der Waals surface area (Å²) < 4.78 is 0. The molecular weight excluding hydrogens is 364 g/mol. The number of amides is 1. The molecule has 3 heterocycles. The quantitative estimate of drug-likeness (QED) is 0.695. The van der Waals surface area contributed by atoms with Gasteiger partial charge in [0, 0.05) is 48.7 Å². The fourth-order valence-corrected chi connectivity index (χ4v) is 3.96. The Labute approximate surface area is 169 Å². The van der Waals surface area contributed by atoms with Crippen molar-refractivity contribution < 1.29 is 4.79 Å². The smallest absolute Gasteiger partial charge is 0.248 e. The highest BCUT2D eigenvalue weighted by Gasteiger charge is 2.26. The third-order valence-electron chi connectivity index (χ3n) is 5.32. The lowest BCUT2D eigenvalue weighted by Gasteiger charge is -2.33. The Morgan fingerprint density at radius 3 is 2.90 bits per heavy atom. The SMILES string of the molecule is NC(=O)c1cccc(-c2cnc(N)nc2[C@H]2CCCN(Cc3cccnc3)C2)c1. The molecule has 7 nitrogen and oxygen atoms in total. The zero-order valence-corrected chi connectivity index (χ0v) is 16.2. The largest absolute Gasteiger partial charge is 0.368 e. The molecule has 0 unspecified atom stereocenters. The molecule has 3 aromatic rings. The minimum Gasteiger partial charge on any atom is -0.368 e. The number of hydrogen-bond donors (Lipinski definition) is 2. The van der Waals surface area contributed by atoms with Crippen LogP contribution in [0.25, 0.3) is 11.1 Å². The van der Waals surface area contributed by atoms with E-state index >= 15 is 0 Å². The number of carbonyl (C=O) groups is 1. The van der Waals surface area contributed by atoms with Crippen LogP contribution in [0.1, 0.15) is 40.4 Å². The van der Waals surface area contributed by atoms with E-state index < -0.39 is 5.91 Å². The number of aromatic nitrogens is 3. The van der Waals surface area contributed by atoms with Gasteiger partial charge in [-0.05, 0) is 48.7 Å². The number of nitrogens with two attached hydrogens (primary N) is 2. The molecule has 1 amide bonds. The van der Waals surface area contributed by atoms with Crippen LogP contribution in [0.4, 0.5) is 5.95 Å². The molecule has 148 valence electrons. The second-order valence-corrected chi connectivity index (χ2v) is 7.41. The zero-order chi connectivity index (χ0) is 20.2. The standard InChI is InChI=1S/C22H24N6O/c23-21(29)17-6-1-5-16(10-17)19-12-26-22(24)27-20(19)18-7-3-9-28(14-18)13-15-4-2-8-25-11-15/h1-2,4-6,8,10-12,18H,3,7,9,13-14H2,(H2,23,29)(H2,24,26,27)/t18-/m0/s1. The molecule has 0 spiro atoms. The molecule has 0 radical (unpaired) electrons. The molecule has 0 saturated carbocycles. The number of anilines is 1. The Morgan fingerprint density at radius 1 is 1.21 bits per heavy atom. The van der Waals surface area contributed by atoms with Gasteiger partial charge in [-0.3, -0.25) is 14.7 Å². The van der Waals surface area contributed by atoms with Crippen molar-refractivity contribution in [3.8, 4) is 11.1 Å². The van der Waals surface area contributed by atoms with E-state index in [2.05, 4.69) is 25.9 Å². The average molecular weight is 388 g/mol. The van der Waals surface area contributed by atoms with E-state index in [4.69, 9.17) is 11.5 Å². The minimum absolute atomic E-state index is 0.234. The first-order valence-electron chi connectivity index (χ1n) is 9.74. The molecule has 0 bridgehead atoms. The van der Waals surface area contributed by atoms with E-state index in [0.717, 1.165) is 49.3 Å². The normalized spacial score (nSPS) is 17.2. The van der Waals surface area contributed by atoms with Crippen LogP contribution >= 0.6 is 0 Å². The number of rotatable bonds is 5. The predicted molar refractivity (Wildman–Crippen MR) is 112 cm³/mol. The number of pyridine rings is 1. The number of primary amides is 1. The van der Waals surface area contributed by atoms with Gasteiger partial charge in [-0.15, -0.1) is 0 Å². The maximum absolute atomic E-state index is 11.6. The van der Waals surface area contributed by atoms with Crippen LogP contribution in [0.3, 0.4) is 0 Å². The van der Waals surface area contributed by atoms with Crippen molar-refractivity contribution in [2.24, 2.45) is 5.73 Å². The van der Waals surface area contributed by atoms with Gasteiger partial charge in [0.15, 0.2) is 0 Å². The third-order valence-corrected chi connectivity index (χ3v) is 5.32. The molecule has 1 aliphatic rings. The van der Waals surface area contributed by atoms with Gasteiger partial charge in [-0.1, -0.05) is 18.2 Å². The Bertz CT molecular complexity index is 1010. The summed E-state index contributed by atoms with van der Waals surface area (Å²) in [7, 11) is 0. The highest BCUT2D eigenvalue weighted by molar-refractivity contribution is 5.94. The Kier molecular flexibility index (Phi) is 5.48. The predicted octanol–water partition coefficient (Wildman–Crippen LogP) is 2.60. The minimum atomic E-state index is -0.454. The Balaban J connectivity index is 1.63. The molecule has 2 aromatic heterocycles. The number of hydrogen-bond acceptors (Lipinski definition) is 6. The molecule has 4 N–H and O–H groups in total. The lowest BCUT2D eigenvalue weighted by Crippen LogP contribution is -2.34. The average Bonchev–Trinajstić information content (AvgIpc) is 2.75. The van der Waals surface area contributed by atoms with Crippen molar-refractivity contribution in [2.45, 2.75) is 25.3 Å². The van der Waals surface area contributed by atoms with Crippen LogP contribution in [-0.2, 0) is 6.54 Å². The van der Waals surface area contributed by atoms with E-state index in [9.17, 15) is 4.79 Å². The summed E-state index contributed by atoms with van der Waals surface area (Å²) in [5, 5.41) is 0. The van der Waals surface area contributed by atoms with E-state index in [0.29, 0.717) is 5.56 Å². The molecular formula is C22H24N6O. The topological polar surface area (TPSA) is 111 Å². The van der Waals surface area contributed by atoms with Gasteiger partial charge >= 0.3 is 0 Å². The molecule has 1 fully saturated rings. The summed E-state index contributed by atoms with van der Waals surface area (Å²) in [6, 6.07) is 11.3. The summed E-state index contributed by atoms with van der Waals surface area (Å²) in [6.07, 6.45) is 7.56. The molecule has 0 aliphatic carbocycles. The van der Waals surface area contributed by atoms with Crippen molar-refractivity contribution in [3.63, 3.8) is 0 Å². The van der Waals surface area contributed by atoms with Crippen LogP contribution in [-0.4, -0.2) is 38.8 Å². The molecule has 1 aliphatic heterocycles. The summed E-state index contributed by atoms with van der Waals surface area (Å²) >= 11 is 0. The van der Waals surface area contributed by atoms with Crippen molar-refractivity contribution in [3.05, 3.63) is 71.8 Å². The highest BCUT2D eigenvalue weighted by atomic mass is 16.1. The van der Waals surface area contributed by atoms with Gasteiger partial charge in [0.2, 0.25) is 11.9 Å². The van der Waals surface area contributed by atoms with Gasteiger partial charge in [0.05, 0.1) is 5.69 Å². The van der Waals surface area contributed by atoms with Crippen LogP contribution in [0.2, 0.25) is 0 Å². The number of nitrogen functional groups attached to an aromatic ring is 1. The van der Waals surface area contributed by atoms with E-state index in [1.807, 2.05) is 24.4 Å². The first-order chi connectivity index (χ1) is 14.1. The third kappa shape index (κ3) is 4.41. The second kappa shape index (κ2) is 8.36. The number of nitrogens with zero attached hydrogens (tertiary/aromatic N) is 4. The maximum atomic E-state index is 11.6. The van der Waals surface area contributed by atoms with Crippen molar-refractivity contribution in [1.82, 2.24) is 19.9 Å². The van der Waals surface area contributed by atoms with Gasteiger partial charge in [0.25, 0.3) is 0 Å². The summed E-state index contributed by atoms with van der Waals surface area (Å²) in [5.74, 6) is 0.0437. The lowest BCUT2D eigenvalue weighted by atomic mass is 9.89. The van der Waals surface area contributed by atoms with Crippen LogP contribution in [0, 0.1) is 0 Å². The zero-order valence-electron chi connectivity index (χ0n) is 16.2. The highest BCUT2D eigenvalue weighted by Crippen LogP contribution is 2.34. The van der Waals surface area contributed by atoms with E-state index in [-0.39, 0.29) is 11.9 Å². The molecule has 29 heavy (non-hydrogen) atoms. The number of likely N-dealkylation sites (tertiary alicyclic amines) is 1. The number of carbonyl (C=O) groups excluding carboxylic acids is 1. The fourth-order valence-electron chi connectivity index (χ4n) is 3.96. The molecule has 1 atom stereocenters. The molecule has 1 saturated heterocycles. The monoisotopic (exact) mass is 388 g/mol. The summed E-state index contributed by atoms with van der Waals surface area (Å²) in [5.41, 5.74) is 15.7. The van der Waals surface area contributed by atoms with E-state index in [1.54, 1.807) is 24.5 Å². The first-order valence-corrected chi connectivity index (χ1v) is 9.74. The first kappa shape index (κ1) is 19.0. The van der Waals surface area contributed by atoms with Gasteiger partial charge in [-0.2, -0.15) is 0 Å². The second-order valence-electron chi connectivity index (χ2n) is 7.41. The molecule has 4 rings (SSSR count). The number of piperidine rings is 1. The van der Waals surface area contributed by atoms with Gasteiger partial charge in [-0.25, -0.2) is 9.97 Å². The van der Waals surface area contributed by atoms with Crippen molar-refractivity contribution in [1.29, 1.82) is 0 Å². The van der Waals surface area contributed by atoms with Crippen LogP contribution in [0.5, 0.6) is 0 Å². The fraction of sp³-hybridized carbons (Fsp3) is 0.273. The van der Waals surface area contributed by atoms with Gasteiger partial charge < -0.3 is 11.5 Å². The molecule has 7 heteroatoms. The maximum Gasteiger partial charge on any atom is 0.248 e. The van der Waals surface area contributed by atoms with Crippen molar-refractivity contribution >= 4 is 11.9 Å². The number of benzene rings is 1. The molecule has 1 aromatic carbocycles. The van der Waals surface area contributed by atoms with Crippen LogP contribution < -0.4 is 11.5 Å².